The molecule has 2 atom stereocenters. The van der Waals surface area contributed by atoms with Crippen molar-refractivity contribution in [3.8, 4) is 17.1 Å². The van der Waals surface area contributed by atoms with Gasteiger partial charge in [0.2, 0.25) is 5.91 Å². The molecule has 1 aliphatic heterocycles. The van der Waals surface area contributed by atoms with Gasteiger partial charge in [-0.3, -0.25) is 9.36 Å². The van der Waals surface area contributed by atoms with Gasteiger partial charge in [0, 0.05) is 28.4 Å². The summed E-state index contributed by atoms with van der Waals surface area (Å²) in [6, 6.07) is 16.4. The number of benzene rings is 2. The van der Waals surface area contributed by atoms with E-state index in [1.54, 1.807) is 0 Å². The first-order valence-corrected chi connectivity index (χ1v) is 12.0. The molecule has 0 saturated carbocycles. The predicted octanol–water partition coefficient (Wildman–Crippen LogP) is 5.78. The lowest BCUT2D eigenvalue weighted by atomic mass is 9.98. The van der Waals surface area contributed by atoms with Gasteiger partial charge < -0.3 is 4.90 Å². The summed E-state index contributed by atoms with van der Waals surface area (Å²) in [5, 5.41) is 10.3. The minimum Gasteiger partial charge on any atom is -0.337 e. The third-order valence-electron chi connectivity index (χ3n) is 5.80. The Hall–Kier alpha value is -2.31. The molecule has 5 nitrogen and oxygen atoms in total. The van der Waals surface area contributed by atoms with E-state index in [9.17, 15) is 4.79 Å². The average Bonchev–Trinajstić information content (AvgIpc) is 3.16. The van der Waals surface area contributed by atoms with Gasteiger partial charge in [-0.15, -0.1) is 10.2 Å². The number of hydrogen-bond donors (Lipinski definition) is 0. The second-order valence-electron chi connectivity index (χ2n) is 8.21. The molecule has 1 amide bonds. The zero-order valence-corrected chi connectivity index (χ0v) is 19.7. The van der Waals surface area contributed by atoms with Gasteiger partial charge in [-0.05, 0) is 82.0 Å². The summed E-state index contributed by atoms with van der Waals surface area (Å²) in [6.45, 7) is 6.35. The lowest BCUT2D eigenvalue weighted by Crippen LogP contribution is -2.48. The van der Waals surface area contributed by atoms with Crippen molar-refractivity contribution in [2.75, 3.05) is 5.75 Å². The van der Waals surface area contributed by atoms with Crippen molar-refractivity contribution in [3.05, 3.63) is 59.1 Å². The van der Waals surface area contributed by atoms with Gasteiger partial charge in [0.15, 0.2) is 11.0 Å². The summed E-state index contributed by atoms with van der Waals surface area (Å²) < 4.78 is 2.03. The summed E-state index contributed by atoms with van der Waals surface area (Å²) >= 11 is 7.52. The lowest BCUT2D eigenvalue weighted by molar-refractivity contribution is -0.134. The number of nitrogens with zero attached hydrogens (tertiary/aromatic N) is 4. The Labute approximate surface area is 192 Å². The Morgan fingerprint density at radius 1 is 1.10 bits per heavy atom. The Morgan fingerprint density at radius 2 is 1.81 bits per heavy atom. The monoisotopic (exact) mass is 454 g/mol. The van der Waals surface area contributed by atoms with E-state index in [0.29, 0.717) is 15.9 Å². The van der Waals surface area contributed by atoms with E-state index in [0.717, 1.165) is 35.5 Å². The molecule has 3 aromatic rings. The van der Waals surface area contributed by atoms with Crippen LogP contribution in [0.4, 0.5) is 0 Å². The molecular formula is C24H27ClN4OS. The topological polar surface area (TPSA) is 51.0 Å². The quantitative estimate of drug-likeness (QED) is 0.458. The van der Waals surface area contributed by atoms with Gasteiger partial charge in [-0.1, -0.05) is 35.5 Å². The van der Waals surface area contributed by atoms with Crippen LogP contribution in [-0.2, 0) is 4.79 Å². The number of thioether (sulfide) groups is 1. The van der Waals surface area contributed by atoms with Gasteiger partial charge in [-0.2, -0.15) is 0 Å². The molecular weight excluding hydrogens is 428 g/mol. The molecule has 0 bridgehead atoms. The summed E-state index contributed by atoms with van der Waals surface area (Å²) in [4.78, 5) is 15.1. The summed E-state index contributed by atoms with van der Waals surface area (Å²) in [6.07, 6.45) is 3.33. The van der Waals surface area contributed by atoms with E-state index in [1.165, 1.54) is 18.2 Å². The summed E-state index contributed by atoms with van der Waals surface area (Å²) in [7, 11) is 0. The maximum atomic E-state index is 13.0. The van der Waals surface area contributed by atoms with E-state index >= 15 is 0 Å². The molecule has 0 radical (unpaired) electrons. The Morgan fingerprint density at radius 3 is 2.48 bits per heavy atom. The number of hydrogen-bond acceptors (Lipinski definition) is 4. The van der Waals surface area contributed by atoms with Crippen LogP contribution in [-0.4, -0.2) is 43.4 Å². The van der Waals surface area contributed by atoms with Crippen molar-refractivity contribution in [2.45, 2.75) is 57.3 Å². The first-order valence-electron chi connectivity index (χ1n) is 10.7. The zero-order chi connectivity index (χ0) is 22.0. The van der Waals surface area contributed by atoms with E-state index in [4.69, 9.17) is 11.6 Å². The third kappa shape index (κ3) is 4.80. The predicted molar refractivity (Wildman–Crippen MR) is 127 cm³/mol. The normalized spacial score (nSPS) is 18.9. The molecule has 4 rings (SSSR count). The zero-order valence-electron chi connectivity index (χ0n) is 18.1. The molecule has 2 heterocycles. The molecule has 31 heavy (non-hydrogen) atoms. The fourth-order valence-electron chi connectivity index (χ4n) is 4.26. The number of carbonyl (C=O) groups is 1. The SMILES string of the molecule is Cc1cccc(-n2c(SCC(=O)N3[C@H](C)CCC[C@@H]3C)nnc2-c2ccc(Cl)cc2)c1. The average molecular weight is 455 g/mol. The third-order valence-corrected chi connectivity index (χ3v) is 6.97. The van der Waals surface area contributed by atoms with Crippen LogP contribution in [0.25, 0.3) is 17.1 Å². The largest absolute Gasteiger partial charge is 0.337 e. The number of aryl methyl sites for hydroxylation is 1. The number of likely N-dealkylation sites (tertiary alicyclic amines) is 1. The van der Waals surface area contributed by atoms with Crippen molar-refractivity contribution >= 4 is 29.3 Å². The second-order valence-corrected chi connectivity index (χ2v) is 9.59. The highest BCUT2D eigenvalue weighted by Gasteiger charge is 2.29. The number of rotatable bonds is 5. The van der Waals surface area contributed by atoms with E-state index in [-0.39, 0.29) is 18.0 Å². The van der Waals surface area contributed by atoms with Crippen LogP contribution < -0.4 is 0 Å². The molecule has 0 unspecified atom stereocenters. The van der Waals surface area contributed by atoms with Crippen LogP contribution in [0.15, 0.2) is 53.7 Å². The van der Waals surface area contributed by atoms with Crippen LogP contribution in [0, 0.1) is 6.92 Å². The molecule has 1 saturated heterocycles. The Kier molecular flexibility index (Phi) is 6.68. The number of carbonyl (C=O) groups excluding carboxylic acids is 1. The highest BCUT2D eigenvalue weighted by atomic mass is 35.5. The number of aromatic nitrogens is 3. The van der Waals surface area contributed by atoms with Gasteiger partial charge in [0.05, 0.1) is 5.75 Å². The first kappa shape index (κ1) is 21.9. The first-order chi connectivity index (χ1) is 14.9. The summed E-state index contributed by atoms with van der Waals surface area (Å²) in [5.41, 5.74) is 3.05. The highest BCUT2D eigenvalue weighted by Crippen LogP contribution is 2.30. The Bertz CT molecular complexity index is 1060. The van der Waals surface area contributed by atoms with Crippen LogP contribution in [0.3, 0.4) is 0 Å². The smallest absolute Gasteiger partial charge is 0.233 e. The van der Waals surface area contributed by atoms with Crippen LogP contribution >= 0.6 is 23.4 Å². The van der Waals surface area contributed by atoms with Crippen molar-refractivity contribution < 1.29 is 4.79 Å². The van der Waals surface area contributed by atoms with Gasteiger partial charge in [0.25, 0.3) is 0 Å². The van der Waals surface area contributed by atoms with Crippen molar-refractivity contribution in [3.63, 3.8) is 0 Å². The standard InChI is InChI=1S/C24H27ClN4OS/c1-16-6-4-9-21(14-16)29-23(19-10-12-20(25)13-11-19)26-27-24(29)31-15-22(30)28-17(2)7-5-8-18(28)3/h4,6,9-14,17-18H,5,7-8,15H2,1-3H3/t17-,18+. The highest BCUT2D eigenvalue weighted by molar-refractivity contribution is 7.99. The van der Waals surface area contributed by atoms with Crippen LogP contribution in [0.1, 0.15) is 38.7 Å². The van der Waals surface area contributed by atoms with E-state index in [2.05, 4.69) is 43.1 Å². The van der Waals surface area contributed by atoms with E-state index in [1.807, 2.05) is 45.9 Å². The fourth-order valence-corrected chi connectivity index (χ4v) is 5.21. The van der Waals surface area contributed by atoms with Crippen LogP contribution in [0.5, 0.6) is 0 Å². The maximum Gasteiger partial charge on any atom is 0.233 e. The number of amides is 1. The molecule has 1 aromatic heterocycles. The molecule has 0 aliphatic carbocycles. The number of halogens is 1. The minimum absolute atomic E-state index is 0.163. The molecule has 1 aliphatic rings. The van der Waals surface area contributed by atoms with Crippen molar-refractivity contribution in [1.29, 1.82) is 0 Å². The van der Waals surface area contributed by atoms with Crippen molar-refractivity contribution in [2.24, 2.45) is 0 Å². The molecule has 1 fully saturated rings. The maximum absolute atomic E-state index is 13.0. The van der Waals surface area contributed by atoms with Crippen LogP contribution in [0.2, 0.25) is 5.02 Å². The van der Waals surface area contributed by atoms with Crippen molar-refractivity contribution in [1.82, 2.24) is 19.7 Å². The molecule has 2 aromatic carbocycles. The van der Waals surface area contributed by atoms with Gasteiger partial charge in [-0.25, -0.2) is 0 Å². The number of piperidine rings is 1. The fraction of sp³-hybridized carbons (Fsp3) is 0.375. The summed E-state index contributed by atoms with van der Waals surface area (Å²) in [5.74, 6) is 1.24. The molecule has 7 heteroatoms. The minimum atomic E-state index is 0.163. The molecule has 0 N–H and O–H groups in total. The van der Waals surface area contributed by atoms with E-state index < -0.39 is 0 Å². The second kappa shape index (κ2) is 9.45. The molecule has 162 valence electrons. The lowest BCUT2D eigenvalue weighted by Gasteiger charge is -2.39. The van der Waals surface area contributed by atoms with Gasteiger partial charge >= 0.3 is 0 Å². The molecule has 0 spiro atoms. The Balaban J connectivity index is 1.64. The van der Waals surface area contributed by atoms with Gasteiger partial charge in [0.1, 0.15) is 0 Å².